The highest BCUT2D eigenvalue weighted by atomic mass is 16.5. The molecule has 4 aliphatic rings. The molecule has 306 valence electrons. The number of carbonyl (C=O) groups excluding carboxylic acids is 3. The van der Waals surface area contributed by atoms with Gasteiger partial charge in [-0.15, -0.1) is 0 Å². The normalized spacial score (nSPS) is 22.4. The lowest BCUT2D eigenvalue weighted by atomic mass is 9.71. The molecule has 3 saturated heterocycles. The molecule has 9 rings (SSSR count). The van der Waals surface area contributed by atoms with Crippen molar-refractivity contribution in [1.29, 1.82) is 5.26 Å². The minimum atomic E-state index is -0.690. The van der Waals surface area contributed by atoms with Gasteiger partial charge in [0, 0.05) is 63.1 Å². The summed E-state index contributed by atoms with van der Waals surface area (Å²) in [7, 11) is 3.35. The molecule has 1 unspecified atom stereocenters. The Kier molecular flexibility index (Phi) is 10.2. The van der Waals surface area contributed by atoms with Crippen molar-refractivity contribution in [2.45, 2.75) is 76.3 Å². The highest BCUT2D eigenvalue weighted by molar-refractivity contribution is 6.06. The van der Waals surface area contributed by atoms with Crippen LogP contribution in [0.15, 0.2) is 59.8 Å². The van der Waals surface area contributed by atoms with E-state index >= 15 is 0 Å². The molecule has 3 aromatic heterocycles. The molecule has 15 nitrogen and oxygen atoms in total. The van der Waals surface area contributed by atoms with Gasteiger partial charge in [0.2, 0.25) is 11.8 Å². The Morgan fingerprint density at radius 3 is 2.49 bits per heavy atom. The van der Waals surface area contributed by atoms with Crippen molar-refractivity contribution in [3.63, 3.8) is 0 Å². The number of ether oxygens (including phenoxy) is 1. The van der Waals surface area contributed by atoms with Crippen molar-refractivity contribution in [2.75, 3.05) is 50.1 Å². The molecule has 1 atom stereocenters. The van der Waals surface area contributed by atoms with Gasteiger partial charge in [-0.1, -0.05) is 6.07 Å². The zero-order valence-electron chi connectivity index (χ0n) is 33.7. The maximum atomic E-state index is 13.5. The summed E-state index contributed by atoms with van der Waals surface area (Å²) in [5.41, 5.74) is 4.70. The van der Waals surface area contributed by atoms with Crippen LogP contribution in [0.4, 0.5) is 11.4 Å². The van der Waals surface area contributed by atoms with E-state index in [9.17, 15) is 24.4 Å². The van der Waals surface area contributed by atoms with Crippen molar-refractivity contribution in [2.24, 2.45) is 18.4 Å². The van der Waals surface area contributed by atoms with Crippen LogP contribution in [-0.2, 0) is 16.6 Å². The number of fused-ring (bicyclic) bond motifs is 2. The van der Waals surface area contributed by atoms with Crippen LogP contribution in [0.5, 0.6) is 5.75 Å². The Labute approximate surface area is 341 Å². The number of carbonyl (C=O) groups is 3. The van der Waals surface area contributed by atoms with Crippen LogP contribution in [0.1, 0.15) is 92.2 Å². The lowest BCUT2D eigenvalue weighted by molar-refractivity contribution is -0.135. The van der Waals surface area contributed by atoms with Gasteiger partial charge in [0.1, 0.15) is 17.9 Å². The van der Waals surface area contributed by atoms with Gasteiger partial charge in [-0.2, -0.15) is 10.4 Å². The first-order valence-electron chi connectivity index (χ1n) is 20.9. The van der Waals surface area contributed by atoms with Crippen LogP contribution >= 0.6 is 0 Å². The van der Waals surface area contributed by atoms with Crippen LogP contribution in [0.3, 0.4) is 0 Å². The second kappa shape index (κ2) is 15.6. The monoisotopic (exact) mass is 798 g/mol. The maximum absolute atomic E-state index is 13.5. The number of nitrogens with zero attached hydrogens (tertiary/aromatic N) is 8. The molecule has 5 aromatic rings. The number of imidazole rings is 1. The summed E-state index contributed by atoms with van der Waals surface area (Å²) in [6.45, 7) is 5.26. The first-order valence-corrected chi connectivity index (χ1v) is 20.9. The molecule has 15 heteroatoms. The molecule has 2 N–H and O–H groups in total. The van der Waals surface area contributed by atoms with Gasteiger partial charge in [-0.05, 0) is 106 Å². The zero-order valence-corrected chi connectivity index (χ0v) is 33.7. The molecule has 2 aromatic carbocycles. The summed E-state index contributed by atoms with van der Waals surface area (Å²) in [5.74, 6) is 0.117. The maximum Gasteiger partial charge on any atom is 0.329 e. The molecule has 59 heavy (non-hydrogen) atoms. The largest absolute Gasteiger partial charge is 0.494 e. The molecule has 4 fully saturated rings. The van der Waals surface area contributed by atoms with E-state index < -0.39 is 11.9 Å². The van der Waals surface area contributed by atoms with Crippen LogP contribution in [0.25, 0.3) is 21.9 Å². The Balaban J connectivity index is 0.777. The van der Waals surface area contributed by atoms with Crippen molar-refractivity contribution in [1.82, 2.24) is 34.1 Å². The molecule has 0 radical (unpaired) electrons. The summed E-state index contributed by atoms with van der Waals surface area (Å²) >= 11 is 0. The number of rotatable bonds is 8. The average molecular weight is 799 g/mol. The molecule has 3 amide bonds. The number of piperidine rings is 3. The Morgan fingerprint density at radius 1 is 1.00 bits per heavy atom. The molecule has 1 saturated carbocycles. The number of likely N-dealkylation sites (tertiary alicyclic amines) is 1. The zero-order chi connectivity index (χ0) is 40.8. The van der Waals surface area contributed by atoms with E-state index in [1.54, 1.807) is 23.3 Å². The van der Waals surface area contributed by atoms with Crippen molar-refractivity contribution in [3.05, 3.63) is 76.6 Å². The highest BCUT2D eigenvalue weighted by Crippen LogP contribution is 2.44. The van der Waals surface area contributed by atoms with Gasteiger partial charge < -0.3 is 19.9 Å². The van der Waals surface area contributed by atoms with E-state index in [-0.39, 0.29) is 23.9 Å². The number of aryl methyl sites for hydroxylation is 1. The fourth-order valence-electron chi connectivity index (χ4n) is 10.1. The highest BCUT2D eigenvalue weighted by Gasteiger charge is 2.39. The van der Waals surface area contributed by atoms with Gasteiger partial charge in [0.25, 0.3) is 5.91 Å². The van der Waals surface area contributed by atoms with Gasteiger partial charge in [0.15, 0.2) is 0 Å². The third-order valence-electron chi connectivity index (χ3n) is 13.6. The number of methoxy groups -OCH3 is 1. The van der Waals surface area contributed by atoms with Gasteiger partial charge in [-0.25, -0.2) is 4.79 Å². The predicted octanol–water partition coefficient (Wildman–Crippen LogP) is 5.31. The van der Waals surface area contributed by atoms with E-state index in [1.165, 1.54) is 31.3 Å². The van der Waals surface area contributed by atoms with Crippen molar-refractivity contribution >= 4 is 51.0 Å². The number of hydrogen-bond acceptors (Lipinski definition) is 10. The minimum absolute atomic E-state index is 0.224. The van der Waals surface area contributed by atoms with Crippen molar-refractivity contribution < 1.29 is 19.1 Å². The third-order valence-corrected chi connectivity index (χ3v) is 13.6. The SMILES string of the molecule is COc1cc2nn([C@H]3CC[C@H](CN4CCC5(CC4)CCN(c4cccc6c4n(C)c(=O)n6C4CCC(=O)NC4=O)CC5)CC3)cc2cc1NC(=O)c1cncc(C#N)c1. The average Bonchev–Trinajstić information content (AvgIpc) is 3.79. The van der Waals surface area contributed by atoms with Crippen LogP contribution in [0, 0.1) is 22.7 Å². The summed E-state index contributed by atoms with van der Waals surface area (Å²) in [5, 5.41) is 20.4. The van der Waals surface area contributed by atoms with Gasteiger partial charge in [0.05, 0.1) is 52.2 Å². The second-order valence-corrected chi connectivity index (χ2v) is 17.0. The fraction of sp³-hybridized carbons (Fsp3) is 0.477. The molecule has 1 aliphatic carbocycles. The number of hydrogen-bond donors (Lipinski definition) is 2. The molecule has 0 bridgehead atoms. The quantitative estimate of drug-likeness (QED) is 0.196. The molecular weight excluding hydrogens is 749 g/mol. The second-order valence-electron chi connectivity index (χ2n) is 17.0. The van der Waals surface area contributed by atoms with E-state index in [0.717, 1.165) is 98.9 Å². The van der Waals surface area contributed by atoms with E-state index in [0.29, 0.717) is 46.4 Å². The number of aromatic nitrogens is 5. The fourth-order valence-corrected chi connectivity index (χ4v) is 10.1. The van der Waals surface area contributed by atoms with E-state index in [1.807, 2.05) is 30.3 Å². The van der Waals surface area contributed by atoms with Gasteiger partial charge >= 0.3 is 5.69 Å². The number of pyridine rings is 1. The number of imide groups is 1. The molecule has 6 heterocycles. The Hall–Kier alpha value is -6.01. The van der Waals surface area contributed by atoms with E-state index in [2.05, 4.69) is 42.4 Å². The predicted molar refractivity (Wildman–Crippen MR) is 222 cm³/mol. The number of benzene rings is 2. The summed E-state index contributed by atoms with van der Waals surface area (Å²) in [6.07, 6.45) is 14.6. The Morgan fingerprint density at radius 2 is 1.76 bits per heavy atom. The van der Waals surface area contributed by atoms with Crippen molar-refractivity contribution in [3.8, 4) is 11.8 Å². The molecule has 3 aliphatic heterocycles. The van der Waals surface area contributed by atoms with E-state index in [4.69, 9.17) is 9.84 Å². The van der Waals surface area contributed by atoms with Gasteiger partial charge in [-0.3, -0.25) is 38.5 Å². The first-order chi connectivity index (χ1) is 28.6. The lowest BCUT2D eigenvalue weighted by Crippen LogP contribution is -2.48. The molecule has 1 spiro atoms. The topological polar surface area (TPSA) is 172 Å². The standard InChI is InChI=1S/C44H50N10O5/c1-50-40-35(4-3-5-36(40)54(43(50)58)37-10-11-39(55)48-42(37)57)52-18-14-44(15-19-52)12-16-51(17-13-44)26-28-6-8-32(9-7-28)53-27-31-21-34(38(59-2)22-33(31)49-53)47-41(56)30-20-29(23-45)24-46-25-30/h3-5,20-22,24-25,27-28,32,37H,6-19,26H2,1-2H3,(H,47,56)(H,48,55,57)/t28-,32-,37?. The lowest BCUT2D eigenvalue weighted by Gasteiger charge is -2.48. The Bertz CT molecular complexity index is 2540. The minimum Gasteiger partial charge on any atom is -0.494 e. The number of nitriles is 1. The van der Waals surface area contributed by atoms with Crippen LogP contribution in [-0.4, -0.2) is 86.4 Å². The number of nitrogens with one attached hydrogen (secondary N) is 2. The number of para-hydroxylation sites is 1. The summed E-state index contributed by atoms with van der Waals surface area (Å²) < 4.78 is 10.9. The smallest absolute Gasteiger partial charge is 0.329 e. The van der Waals surface area contributed by atoms with Crippen LogP contribution in [0.2, 0.25) is 0 Å². The third kappa shape index (κ3) is 7.35. The summed E-state index contributed by atoms with van der Waals surface area (Å²) in [6, 6.07) is 12.9. The number of amides is 3. The number of anilines is 2. The first kappa shape index (κ1) is 38.5. The summed E-state index contributed by atoms with van der Waals surface area (Å²) in [4.78, 5) is 60.2. The molecular formula is C44H50N10O5. The van der Waals surface area contributed by atoms with Crippen LogP contribution < -0.4 is 26.0 Å².